The van der Waals surface area contributed by atoms with Crippen LogP contribution in [0, 0.1) is 5.92 Å². The quantitative estimate of drug-likeness (QED) is 0.343. The van der Waals surface area contributed by atoms with Crippen molar-refractivity contribution in [2.75, 3.05) is 33.7 Å². The molecule has 5 rings (SSSR count). The van der Waals surface area contributed by atoms with Gasteiger partial charge in [-0.3, -0.25) is 9.59 Å². The van der Waals surface area contributed by atoms with E-state index < -0.39 is 0 Å². The van der Waals surface area contributed by atoms with Gasteiger partial charge in [0.15, 0.2) is 0 Å². The van der Waals surface area contributed by atoms with Crippen molar-refractivity contribution in [3.8, 4) is 0 Å². The lowest BCUT2D eigenvalue weighted by Gasteiger charge is -2.38. The van der Waals surface area contributed by atoms with Crippen molar-refractivity contribution in [2.45, 2.75) is 56.5 Å². The molecule has 1 unspecified atom stereocenters. The van der Waals surface area contributed by atoms with Gasteiger partial charge in [-0.05, 0) is 67.2 Å². The lowest BCUT2D eigenvalue weighted by molar-refractivity contribution is -0.132. The van der Waals surface area contributed by atoms with Gasteiger partial charge < -0.3 is 14.7 Å². The van der Waals surface area contributed by atoms with Crippen LogP contribution in [0.25, 0.3) is 0 Å². The minimum Gasteiger partial charge on any atom is -0.343 e. The maximum Gasteiger partial charge on any atom is 0.253 e. The maximum absolute atomic E-state index is 13.2. The highest BCUT2D eigenvalue weighted by atomic mass is 16.2. The van der Waals surface area contributed by atoms with Crippen LogP contribution < -0.4 is 0 Å². The SMILES string of the molecule is CN(C(=O)CCc1ccccc1)C1CCN(C[C@H]2CC(N(C)C(=O)c3ccccc3)C[C@@H]2c2ccccc2)CC1. The van der Waals surface area contributed by atoms with Gasteiger partial charge in [-0.15, -0.1) is 0 Å². The lowest BCUT2D eigenvalue weighted by atomic mass is 9.88. The number of rotatable bonds is 9. The number of benzene rings is 3. The van der Waals surface area contributed by atoms with Gasteiger partial charge in [0.1, 0.15) is 0 Å². The van der Waals surface area contributed by atoms with Crippen LogP contribution >= 0.6 is 0 Å². The molecule has 1 aliphatic heterocycles. The molecule has 1 heterocycles. The van der Waals surface area contributed by atoms with E-state index in [0.717, 1.165) is 57.3 Å². The van der Waals surface area contributed by atoms with Crippen LogP contribution in [0.1, 0.15) is 59.5 Å². The van der Waals surface area contributed by atoms with Gasteiger partial charge in [-0.1, -0.05) is 78.9 Å². The van der Waals surface area contributed by atoms with Crippen molar-refractivity contribution in [1.29, 1.82) is 0 Å². The van der Waals surface area contributed by atoms with Crippen LogP contribution in [0.5, 0.6) is 0 Å². The van der Waals surface area contributed by atoms with E-state index in [2.05, 4.69) is 47.4 Å². The molecule has 5 nitrogen and oxygen atoms in total. The first-order valence-electron chi connectivity index (χ1n) is 14.9. The fourth-order valence-electron chi connectivity index (χ4n) is 6.77. The molecule has 210 valence electrons. The predicted octanol–water partition coefficient (Wildman–Crippen LogP) is 5.88. The molecule has 1 saturated heterocycles. The second-order valence-electron chi connectivity index (χ2n) is 11.7. The molecule has 2 aliphatic rings. The van der Waals surface area contributed by atoms with Gasteiger partial charge in [-0.25, -0.2) is 0 Å². The molecule has 0 aromatic heterocycles. The first-order valence-corrected chi connectivity index (χ1v) is 14.9. The number of carbonyl (C=O) groups is 2. The summed E-state index contributed by atoms with van der Waals surface area (Å²) >= 11 is 0. The Labute approximate surface area is 239 Å². The van der Waals surface area contributed by atoms with Gasteiger partial charge in [0.2, 0.25) is 5.91 Å². The molecule has 3 aromatic rings. The van der Waals surface area contributed by atoms with E-state index in [1.807, 2.05) is 72.4 Å². The van der Waals surface area contributed by atoms with Gasteiger partial charge in [0.25, 0.3) is 5.91 Å². The van der Waals surface area contributed by atoms with Crippen molar-refractivity contribution in [2.24, 2.45) is 5.92 Å². The summed E-state index contributed by atoms with van der Waals surface area (Å²) in [5, 5.41) is 0. The minimum absolute atomic E-state index is 0.110. The highest BCUT2D eigenvalue weighted by Crippen LogP contribution is 2.42. The maximum atomic E-state index is 13.2. The van der Waals surface area contributed by atoms with Gasteiger partial charge in [-0.2, -0.15) is 0 Å². The predicted molar refractivity (Wildman–Crippen MR) is 161 cm³/mol. The Morgan fingerprint density at radius 2 is 1.35 bits per heavy atom. The standard InChI is InChI=1S/C35H43N3O2/c1-36(34(39)19-18-27-12-6-3-7-13-27)31-20-22-38(23-21-31)26-30-24-32(25-33(30)28-14-8-4-9-15-28)37(2)35(40)29-16-10-5-11-17-29/h3-17,30-33H,18-26H2,1-2H3/t30-,32?,33-/m1/s1. The van der Waals surface area contributed by atoms with E-state index >= 15 is 0 Å². The van der Waals surface area contributed by atoms with E-state index in [0.29, 0.717) is 24.3 Å². The summed E-state index contributed by atoms with van der Waals surface area (Å²) in [5.74, 6) is 1.30. The number of aryl methyl sites for hydroxylation is 1. The van der Waals surface area contributed by atoms with Crippen molar-refractivity contribution in [3.05, 3.63) is 108 Å². The first kappa shape index (κ1) is 28.1. The molecule has 0 spiro atoms. The molecule has 0 radical (unpaired) electrons. The molecule has 5 heteroatoms. The Bertz CT molecular complexity index is 1230. The second kappa shape index (κ2) is 13.3. The Balaban J connectivity index is 1.17. The topological polar surface area (TPSA) is 43.9 Å². The minimum atomic E-state index is 0.110. The largest absolute Gasteiger partial charge is 0.343 e. The number of hydrogen-bond donors (Lipinski definition) is 0. The Kier molecular flexibility index (Phi) is 9.33. The molecular weight excluding hydrogens is 494 g/mol. The number of carbonyl (C=O) groups excluding carboxylic acids is 2. The summed E-state index contributed by atoms with van der Waals surface area (Å²) in [6.07, 6.45) is 5.43. The van der Waals surface area contributed by atoms with Gasteiger partial charge in [0.05, 0.1) is 0 Å². The summed E-state index contributed by atoms with van der Waals surface area (Å²) in [5.41, 5.74) is 3.36. The van der Waals surface area contributed by atoms with Crippen molar-refractivity contribution < 1.29 is 9.59 Å². The molecule has 0 N–H and O–H groups in total. The van der Waals surface area contributed by atoms with Crippen LogP contribution in [-0.4, -0.2) is 72.3 Å². The number of piperidine rings is 1. The monoisotopic (exact) mass is 537 g/mol. The highest BCUT2D eigenvalue weighted by Gasteiger charge is 2.39. The third kappa shape index (κ3) is 6.82. The summed E-state index contributed by atoms with van der Waals surface area (Å²) in [6.45, 7) is 3.08. The van der Waals surface area contributed by atoms with Crippen molar-refractivity contribution >= 4 is 11.8 Å². The zero-order chi connectivity index (χ0) is 27.9. The molecular formula is C35H43N3O2. The molecule has 1 aliphatic carbocycles. The second-order valence-corrected chi connectivity index (χ2v) is 11.7. The van der Waals surface area contributed by atoms with E-state index in [-0.39, 0.29) is 17.9 Å². The molecule has 40 heavy (non-hydrogen) atoms. The van der Waals surface area contributed by atoms with Gasteiger partial charge >= 0.3 is 0 Å². The highest BCUT2D eigenvalue weighted by molar-refractivity contribution is 5.94. The normalized spacial score (nSPS) is 21.7. The summed E-state index contributed by atoms with van der Waals surface area (Å²) in [7, 11) is 3.96. The van der Waals surface area contributed by atoms with Crippen LogP contribution in [0.15, 0.2) is 91.0 Å². The van der Waals surface area contributed by atoms with E-state index in [4.69, 9.17) is 0 Å². The number of hydrogen-bond acceptors (Lipinski definition) is 3. The van der Waals surface area contributed by atoms with Crippen LogP contribution in [-0.2, 0) is 11.2 Å². The van der Waals surface area contributed by atoms with Crippen molar-refractivity contribution in [3.63, 3.8) is 0 Å². The van der Waals surface area contributed by atoms with Crippen LogP contribution in [0.4, 0.5) is 0 Å². The third-order valence-electron chi connectivity index (χ3n) is 9.25. The molecule has 1 saturated carbocycles. The summed E-state index contributed by atoms with van der Waals surface area (Å²) in [4.78, 5) is 32.7. The third-order valence-corrected chi connectivity index (χ3v) is 9.25. The van der Waals surface area contributed by atoms with E-state index in [9.17, 15) is 9.59 Å². The van der Waals surface area contributed by atoms with E-state index in [1.165, 1.54) is 11.1 Å². The first-order chi connectivity index (χ1) is 19.5. The molecule has 3 atom stereocenters. The van der Waals surface area contributed by atoms with Crippen LogP contribution in [0.2, 0.25) is 0 Å². The fraction of sp³-hybridized carbons (Fsp3) is 0.429. The smallest absolute Gasteiger partial charge is 0.253 e. The lowest BCUT2D eigenvalue weighted by Crippen LogP contribution is -2.46. The number of amides is 2. The molecule has 3 aromatic carbocycles. The Morgan fingerprint density at radius 1 is 0.750 bits per heavy atom. The molecule has 2 amide bonds. The van der Waals surface area contributed by atoms with Crippen LogP contribution in [0.3, 0.4) is 0 Å². The Hall–Kier alpha value is -3.44. The van der Waals surface area contributed by atoms with Gasteiger partial charge in [0, 0.05) is 57.8 Å². The zero-order valence-electron chi connectivity index (χ0n) is 24.0. The average molecular weight is 538 g/mol. The van der Waals surface area contributed by atoms with Crippen molar-refractivity contribution in [1.82, 2.24) is 14.7 Å². The average Bonchev–Trinajstić information content (AvgIpc) is 3.44. The summed E-state index contributed by atoms with van der Waals surface area (Å²) < 4.78 is 0. The summed E-state index contributed by atoms with van der Waals surface area (Å²) in [6, 6.07) is 31.3. The molecule has 0 bridgehead atoms. The number of nitrogens with zero attached hydrogens (tertiary/aromatic N) is 3. The fourth-order valence-corrected chi connectivity index (χ4v) is 6.77. The molecule has 2 fully saturated rings. The Morgan fingerprint density at radius 3 is 2.00 bits per heavy atom. The van der Waals surface area contributed by atoms with E-state index in [1.54, 1.807) is 0 Å². The zero-order valence-corrected chi connectivity index (χ0v) is 24.0. The number of likely N-dealkylation sites (tertiary alicyclic amines) is 1.